The number of rotatable bonds is 2. The van der Waals surface area contributed by atoms with Gasteiger partial charge in [0.1, 0.15) is 0 Å². The smallest absolute Gasteiger partial charge is 0.219 e. The number of ether oxygens (including phenoxy) is 1. The first kappa shape index (κ1) is 19.4. The van der Waals surface area contributed by atoms with Crippen LogP contribution in [-0.4, -0.2) is 46.9 Å². The molecule has 0 saturated carbocycles. The van der Waals surface area contributed by atoms with Crippen molar-refractivity contribution in [3.05, 3.63) is 38.4 Å². The van der Waals surface area contributed by atoms with Crippen molar-refractivity contribution < 1.29 is 9.53 Å². The van der Waals surface area contributed by atoms with Crippen LogP contribution in [-0.2, 0) is 28.9 Å². The summed E-state index contributed by atoms with van der Waals surface area (Å²) in [6.07, 6.45) is 3.80. The summed E-state index contributed by atoms with van der Waals surface area (Å²) in [7, 11) is 0. The Bertz CT molecular complexity index is 970. The number of hydrogen-bond donors (Lipinski definition) is 0. The predicted molar refractivity (Wildman–Crippen MR) is 116 cm³/mol. The Labute approximate surface area is 183 Å². The molecule has 0 N–H and O–H groups in total. The van der Waals surface area contributed by atoms with Gasteiger partial charge in [0, 0.05) is 54.5 Å². The molecular formula is C21H24BrClN4O2. The van der Waals surface area contributed by atoms with E-state index in [1.165, 1.54) is 16.8 Å². The molecule has 0 spiro atoms. The fourth-order valence-electron chi connectivity index (χ4n) is 4.76. The molecule has 3 aliphatic rings. The van der Waals surface area contributed by atoms with Crippen LogP contribution in [0.5, 0.6) is 0 Å². The second kappa shape index (κ2) is 7.60. The van der Waals surface area contributed by atoms with Crippen molar-refractivity contribution in [2.75, 3.05) is 31.2 Å². The van der Waals surface area contributed by atoms with Gasteiger partial charge >= 0.3 is 0 Å². The van der Waals surface area contributed by atoms with Crippen LogP contribution < -0.4 is 4.90 Å². The number of fused-ring (bicyclic) bond motifs is 2. The molecule has 6 nitrogen and oxygen atoms in total. The minimum absolute atomic E-state index is 0.115. The van der Waals surface area contributed by atoms with Gasteiger partial charge in [-0.2, -0.15) is 5.10 Å². The van der Waals surface area contributed by atoms with E-state index in [2.05, 4.69) is 31.6 Å². The highest BCUT2D eigenvalue weighted by Crippen LogP contribution is 2.42. The van der Waals surface area contributed by atoms with Gasteiger partial charge in [-0.25, -0.2) is 0 Å². The molecule has 5 rings (SSSR count). The van der Waals surface area contributed by atoms with Crippen LogP contribution in [0.3, 0.4) is 0 Å². The highest BCUT2D eigenvalue weighted by atomic mass is 79.9. The maximum Gasteiger partial charge on any atom is 0.219 e. The molecule has 1 saturated heterocycles. The third-order valence-corrected chi connectivity index (χ3v) is 7.61. The van der Waals surface area contributed by atoms with Gasteiger partial charge in [-0.15, -0.1) is 0 Å². The fraction of sp³-hybridized carbons (Fsp3) is 0.524. The standard InChI is InChI=1S/C21H24BrClN4O2/c1-13(28)25-9-6-19-16(11-25)21(24-27(19)14-7-10-29-12-14)26-8-2-3-15-18(26)5-4-17(22)20(15)23/h4-5,14H,2-3,6-12H2,1H3/t14-/m0/s1. The number of carbonyl (C=O) groups is 1. The van der Waals surface area contributed by atoms with E-state index in [9.17, 15) is 4.79 Å². The van der Waals surface area contributed by atoms with Crippen LogP contribution in [0.15, 0.2) is 16.6 Å². The molecule has 1 aromatic carbocycles. The van der Waals surface area contributed by atoms with Gasteiger partial charge in [0.15, 0.2) is 5.82 Å². The Morgan fingerprint density at radius 2 is 2.14 bits per heavy atom. The van der Waals surface area contributed by atoms with Crippen molar-refractivity contribution in [2.24, 2.45) is 0 Å². The Morgan fingerprint density at radius 1 is 1.28 bits per heavy atom. The molecule has 8 heteroatoms. The summed E-state index contributed by atoms with van der Waals surface area (Å²) in [6, 6.07) is 4.41. The summed E-state index contributed by atoms with van der Waals surface area (Å²) in [5, 5.41) is 5.90. The number of anilines is 2. The lowest BCUT2D eigenvalue weighted by Gasteiger charge is -2.33. The zero-order valence-corrected chi connectivity index (χ0v) is 18.8. The monoisotopic (exact) mass is 478 g/mol. The van der Waals surface area contributed by atoms with Crippen molar-refractivity contribution in [2.45, 2.75) is 45.2 Å². The van der Waals surface area contributed by atoms with Gasteiger partial charge in [0.05, 0.1) is 24.2 Å². The second-order valence-electron chi connectivity index (χ2n) is 8.02. The molecule has 3 aliphatic heterocycles. The van der Waals surface area contributed by atoms with E-state index in [1.807, 2.05) is 11.0 Å². The molecule has 4 heterocycles. The number of carbonyl (C=O) groups excluding carboxylic acids is 1. The third-order valence-electron chi connectivity index (χ3n) is 6.29. The summed E-state index contributed by atoms with van der Waals surface area (Å²) in [5.74, 6) is 1.08. The zero-order valence-electron chi connectivity index (χ0n) is 16.5. The average Bonchev–Trinajstić information content (AvgIpc) is 3.37. The van der Waals surface area contributed by atoms with Gasteiger partial charge in [-0.05, 0) is 52.9 Å². The first-order valence-corrected chi connectivity index (χ1v) is 11.4. The lowest BCUT2D eigenvalue weighted by molar-refractivity contribution is -0.129. The quantitative estimate of drug-likeness (QED) is 0.646. The topological polar surface area (TPSA) is 50.6 Å². The highest BCUT2D eigenvalue weighted by molar-refractivity contribution is 9.10. The number of halogens is 2. The van der Waals surface area contributed by atoms with E-state index in [0.29, 0.717) is 13.2 Å². The first-order chi connectivity index (χ1) is 14.0. The van der Waals surface area contributed by atoms with Crippen LogP contribution in [0.25, 0.3) is 0 Å². The average molecular weight is 480 g/mol. The summed E-state index contributed by atoms with van der Waals surface area (Å²) in [6.45, 7) is 5.40. The van der Waals surface area contributed by atoms with Crippen molar-refractivity contribution in [1.29, 1.82) is 0 Å². The van der Waals surface area contributed by atoms with Crippen LogP contribution in [0.2, 0.25) is 5.02 Å². The van der Waals surface area contributed by atoms with Gasteiger partial charge in [-0.1, -0.05) is 11.6 Å². The Hall–Kier alpha value is -1.57. The summed E-state index contributed by atoms with van der Waals surface area (Å²) >= 11 is 10.2. The van der Waals surface area contributed by atoms with Crippen molar-refractivity contribution in [3.8, 4) is 0 Å². The molecule has 1 atom stereocenters. The van der Waals surface area contributed by atoms with E-state index in [-0.39, 0.29) is 11.9 Å². The molecule has 1 aromatic heterocycles. The number of hydrogen-bond acceptors (Lipinski definition) is 4. The number of nitrogens with zero attached hydrogens (tertiary/aromatic N) is 4. The first-order valence-electron chi connectivity index (χ1n) is 10.2. The van der Waals surface area contributed by atoms with Crippen molar-refractivity contribution >= 4 is 44.9 Å². The van der Waals surface area contributed by atoms with Gasteiger partial charge in [-0.3, -0.25) is 9.48 Å². The minimum Gasteiger partial charge on any atom is -0.379 e. The van der Waals surface area contributed by atoms with E-state index in [0.717, 1.165) is 66.4 Å². The van der Waals surface area contributed by atoms with E-state index in [4.69, 9.17) is 21.4 Å². The molecular weight excluding hydrogens is 456 g/mol. The normalized spacial score (nSPS) is 21.3. The maximum absolute atomic E-state index is 12.1. The van der Waals surface area contributed by atoms with Gasteiger partial charge in [0.2, 0.25) is 5.91 Å². The molecule has 0 radical (unpaired) electrons. The van der Waals surface area contributed by atoms with Gasteiger partial charge in [0.25, 0.3) is 0 Å². The Balaban J connectivity index is 1.63. The number of benzene rings is 1. The molecule has 1 fully saturated rings. The van der Waals surface area contributed by atoms with Crippen molar-refractivity contribution in [1.82, 2.24) is 14.7 Å². The molecule has 2 aromatic rings. The summed E-state index contributed by atoms with van der Waals surface area (Å²) in [4.78, 5) is 16.3. The molecule has 0 bridgehead atoms. The van der Waals surface area contributed by atoms with Gasteiger partial charge < -0.3 is 14.5 Å². The van der Waals surface area contributed by atoms with Crippen LogP contribution in [0.4, 0.5) is 11.5 Å². The van der Waals surface area contributed by atoms with E-state index >= 15 is 0 Å². The minimum atomic E-state index is 0.115. The fourth-order valence-corrected chi connectivity index (χ4v) is 5.38. The summed E-state index contributed by atoms with van der Waals surface area (Å²) in [5.41, 5.74) is 4.71. The molecule has 0 unspecified atom stereocenters. The second-order valence-corrected chi connectivity index (χ2v) is 9.25. The zero-order chi connectivity index (χ0) is 20.1. The SMILES string of the molecule is CC(=O)N1CCc2c(c(N3CCCc4c3ccc(Br)c4Cl)nn2[C@H]2CCOC2)C1. The maximum atomic E-state index is 12.1. The predicted octanol–water partition coefficient (Wildman–Crippen LogP) is 4.25. The molecule has 0 aliphatic carbocycles. The van der Waals surface area contributed by atoms with Crippen molar-refractivity contribution in [3.63, 3.8) is 0 Å². The number of amides is 1. The van der Waals surface area contributed by atoms with Crippen LogP contribution >= 0.6 is 27.5 Å². The molecule has 154 valence electrons. The van der Waals surface area contributed by atoms with Crippen LogP contribution in [0, 0.1) is 0 Å². The lowest BCUT2D eigenvalue weighted by Crippen LogP contribution is -2.35. The molecule has 1 amide bonds. The Morgan fingerprint density at radius 3 is 2.90 bits per heavy atom. The lowest BCUT2D eigenvalue weighted by atomic mass is 10.00. The highest BCUT2D eigenvalue weighted by Gasteiger charge is 2.34. The largest absolute Gasteiger partial charge is 0.379 e. The van der Waals surface area contributed by atoms with Crippen LogP contribution in [0.1, 0.15) is 42.6 Å². The third kappa shape index (κ3) is 3.27. The summed E-state index contributed by atoms with van der Waals surface area (Å²) < 4.78 is 8.75. The number of aromatic nitrogens is 2. The van der Waals surface area contributed by atoms with E-state index < -0.39 is 0 Å². The molecule has 29 heavy (non-hydrogen) atoms. The Kier molecular flexibility index (Phi) is 5.08. The van der Waals surface area contributed by atoms with E-state index in [1.54, 1.807) is 6.92 Å².